The Hall–Kier alpha value is -2.29. The van der Waals surface area contributed by atoms with Crippen LogP contribution in [0.15, 0.2) is 60.7 Å². The van der Waals surface area contributed by atoms with Gasteiger partial charge in [-0.25, -0.2) is 4.79 Å². The van der Waals surface area contributed by atoms with Gasteiger partial charge in [0.1, 0.15) is 0 Å². The van der Waals surface area contributed by atoms with Crippen LogP contribution in [-0.4, -0.2) is 17.0 Å². The van der Waals surface area contributed by atoms with Crippen LogP contribution in [-0.2, 0) is 6.54 Å². The summed E-state index contributed by atoms with van der Waals surface area (Å²) in [5, 5.41) is 2.93. The van der Waals surface area contributed by atoms with E-state index in [0.717, 1.165) is 11.3 Å². The van der Waals surface area contributed by atoms with Crippen LogP contribution in [0, 0.1) is 0 Å². The monoisotopic (exact) mass is 268 g/mol. The summed E-state index contributed by atoms with van der Waals surface area (Å²) in [5.41, 5.74) is 1.95. The van der Waals surface area contributed by atoms with Crippen molar-refractivity contribution in [3.63, 3.8) is 0 Å². The Morgan fingerprint density at radius 2 is 1.55 bits per heavy atom. The van der Waals surface area contributed by atoms with Gasteiger partial charge in [-0.2, -0.15) is 0 Å². The van der Waals surface area contributed by atoms with E-state index < -0.39 is 0 Å². The molecule has 104 valence electrons. The van der Waals surface area contributed by atoms with Gasteiger partial charge in [-0.05, 0) is 31.5 Å². The number of carbonyl (C=O) groups excluding carboxylic acids is 1. The minimum absolute atomic E-state index is 0.0740. The van der Waals surface area contributed by atoms with Gasteiger partial charge in [0.25, 0.3) is 0 Å². The summed E-state index contributed by atoms with van der Waals surface area (Å²) in [6.07, 6.45) is 0. The highest BCUT2D eigenvalue weighted by atomic mass is 16.2. The molecule has 1 N–H and O–H groups in total. The molecule has 2 amide bonds. The summed E-state index contributed by atoms with van der Waals surface area (Å²) in [6.45, 7) is 4.65. The van der Waals surface area contributed by atoms with E-state index in [9.17, 15) is 4.79 Å². The maximum Gasteiger partial charge on any atom is 0.322 e. The normalized spacial score (nSPS) is 10.3. The highest BCUT2D eigenvalue weighted by Crippen LogP contribution is 2.12. The predicted molar refractivity (Wildman–Crippen MR) is 82.6 cm³/mol. The molecule has 2 rings (SSSR count). The summed E-state index contributed by atoms with van der Waals surface area (Å²) in [5.74, 6) is 0. The molecule has 0 atom stereocenters. The lowest BCUT2D eigenvalue weighted by Gasteiger charge is -2.27. The number of carbonyl (C=O) groups is 1. The number of urea groups is 1. The molecule has 3 nitrogen and oxygen atoms in total. The van der Waals surface area contributed by atoms with Crippen molar-refractivity contribution in [2.24, 2.45) is 0 Å². The highest BCUT2D eigenvalue weighted by Gasteiger charge is 2.17. The summed E-state index contributed by atoms with van der Waals surface area (Å²) in [6, 6.07) is 19.6. The van der Waals surface area contributed by atoms with Gasteiger partial charge in [0.15, 0.2) is 0 Å². The molecular formula is C17H20N2O. The van der Waals surface area contributed by atoms with Gasteiger partial charge < -0.3 is 10.2 Å². The lowest BCUT2D eigenvalue weighted by atomic mass is 10.2. The summed E-state index contributed by atoms with van der Waals surface area (Å²) >= 11 is 0. The van der Waals surface area contributed by atoms with Crippen LogP contribution in [0.1, 0.15) is 19.4 Å². The van der Waals surface area contributed by atoms with Gasteiger partial charge >= 0.3 is 6.03 Å². The Kier molecular flexibility index (Phi) is 4.77. The Labute approximate surface area is 120 Å². The average Bonchev–Trinajstić information content (AvgIpc) is 2.46. The van der Waals surface area contributed by atoms with Crippen molar-refractivity contribution < 1.29 is 4.79 Å². The Bertz CT molecular complexity index is 537. The molecule has 3 heteroatoms. The predicted octanol–water partition coefficient (Wildman–Crippen LogP) is 4.13. The largest absolute Gasteiger partial charge is 0.322 e. The van der Waals surface area contributed by atoms with Crippen LogP contribution in [0.4, 0.5) is 10.5 Å². The molecule has 2 aromatic carbocycles. The first-order valence-corrected chi connectivity index (χ1v) is 6.83. The van der Waals surface area contributed by atoms with E-state index in [1.165, 1.54) is 0 Å². The minimum atomic E-state index is -0.0740. The smallest absolute Gasteiger partial charge is 0.318 e. The van der Waals surface area contributed by atoms with Gasteiger partial charge in [-0.3, -0.25) is 0 Å². The van der Waals surface area contributed by atoms with Crippen LogP contribution >= 0.6 is 0 Å². The zero-order chi connectivity index (χ0) is 14.4. The van der Waals surface area contributed by atoms with Crippen LogP contribution in [0.5, 0.6) is 0 Å². The van der Waals surface area contributed by atoms with Gasteiger partial charge in [0.05, 0.1) is 0 Å². The Morgan fingerprint density at radius 3 is 2.10 bits per heavy atom. The second kappa shape index (κ2) is 6.75. The molecule has 0 unspecified atom stereocenters. The summed E-state index contributed by atoms with van der Waals surface area (Å²) < 4.78 is 0. The molecule has 20 heavy (non-hydrogen) atoms. The number of hydrogen-bond donors (Lipinski definition) is 1. The van der Waals surface area contributed by atoms with Crippen LogP contribution in [0.2, 0.25) is 0 Å². The lowest BCUT2D eigenvalue weighted by Crippen LogP contribution is -2.39. The van der Waals surface area contributed by atoms with Crippen LogP contribution < -0.4 is 5.32 Å². The van der Waals surface area contributed by atoms with Crippen LogP contribution in [0.25, 0.3) is 0 Å². The average molecular weight is 268 g/mol. The third-order valence-corrected chi connectivity index (χ3v) is 3.11. The maximum atomic E-state index is 12.4. The van der Waals surface area contributed by atoms with Gasteiger partial charge in [-0.1, -0.05) is 48.5 Å². The van der Waals surface area contributed by atoms with Crippen molar-refractivity contribution in [3.05, 3.63) is 66.2 Å². The molecular weight excluding hydrogens is 248 g/mol. The highest BCUT2D eigenvalue weighted by molar-refractivity contribution is 5.89. The fourth-order valence-corrected chi connectivity index (χ4v) is 1.99. The fourth-order valence-electron chi connectivity index (χ4n) is 1.99. The molecule has 0 saturated carbocycles. The van der Waals surface area contributed by atoms with Crippen molar-refractivity contribution >= 4 is 11.7 Å². The number of anilines is 1. The second-order valence-corrected chi connectivity index (χ2v) is 5.00. The zero-order valence-corrected chi connectivity index (χ0v) is 11.9. The standard InChI is InChI=1S/C17H20N2O/c1-14(2)19(13-15-9-5-3-6-10-15)17(20)18-16-11-7-4-8-12-16/h3-12,14H,13H2,1-2H3,(H,18,20). The van der Waals surface area contributed by atoms with Crippen molar-refractivity contribution in [3.8, 4) is 0 Å². The first-order chi connectivity index (χ1) is 9.66. The maximum absolute atomic E-state index is 12.4. The molecule has 0 saturated heterocycles. The molecule has 0 aromatic heterocycles. The van der Waals surface area contributed by atoms with E-state index in [1.54, 1.807) is 0 Å². The van der Waals surface area contributed by atoms with E-state index >= 15 is 0 Å². The van der Waals surface area contributed by atoms with E-state index in [0.29, 0.717) is 6.54 Å². The van der Waals surface area contributed by atoms with E-state index in [-0.39, 0.29) is 12.1 Å². The number of nitrogens with zero attached hydrogens (tertiary/aromatic N) is 1. The third-order valence-electron chi connectivity index (χ3n) is 3.11. The summed E-state index contributed by atoms with van der Waals surface area (Å²) in [7, 11) is 0. The van der Waals surface area contributed by atoms with Crippen molar-refractivity contribution in [2.45, 2.75) is 26.4 Å². The quantitative estimate of drug-likeness (QED) is 0.888. The van der Waals surface area contributed by atoms with Gasteiger partial charge in [-0.15, -0.1) is 0 Å². The molecule has 0 spiro atoms. The molecule has 0 heterocycles. The lowest BCUT2D eigenvalue weighted by molar-refractivity contribution is 0.193. The van der Waals surface area contributed by atoms with Crippen molar-refractivity contribution in [2.75, 3.05) is 5.32 Å². The SMILES string of the molecule is CC(C)N(Cc1ccccc1)C(=O)Nc1ccccc1. The molecule has 0 fully saturated rings. The summed E-state index contributed by atoms with van der Waals surface area (Å²) in [4.78, 5) is 14.2. The first-order valence-electron chi connectivity index (χ1n) is 6.83. The number of amides is 2. The number of para-hydroxylation sites is 1. The topological polar surface area (TPSA) is 32.3 Å². The molecule has 0 aliphatic rings. The Morgan fingerprint density at radius 1 is 1.00 bits per heavy atom. The Balaban J connectivity index is 2.07. The van der Waals surface area contributed by atoms with E-state index in [2.05, 4.69) is 5.32 Å². The second-order valence-electron chi connectivity index (χ2n) is 5.00. The first kappa shape index (κ1) is 14.1. The number of nitrogens with one attached hydrogen (secondary N) is 1. The number of rotatable bonds is 4. The third kappa shape index (κ3) is 3.85. The molecule has 2 aromatic rings. The minimum Gasteiger partial charge on any atom is -0.318 e. The van der Waals surface area contributed by atoms with Crippen molar-refractivity contribution in [1.29, 1.82) is 0 Å². The fraction of sp³-hybridized carbons (Fsp3) is 0.235. The van der Waals surface area contributed by atoms with Crippen LogP contribution in [0.3, 0.4) is 0 Å². The zero-order valence-electron chi connectivity index (χ0n) is 11.9. The molecule has 0 radical (unpaired) electrons. The molecule has 0 aliphatic heterocycles. The van der Waals surface area contributed by atoms with Gasteiger partial charge in [0, 0.05) is 18.3 Å². The number of benzene rings is 2. The molecule has 0 aliphatic carbocycles. The van der Waals surface area contributed by atoms with E-state index in [4.69, 9.17) is 0 Å². The molecule has 0 bridgehead atoms. The van der Waals surface area contributed by atoms with Gasteiger partial charge in [0.2, 0.25) is 0 Å². The van der Waals surface area contributed by atoms with Crippen molar-refractivity contribution in [1.82, 2.24) is 4.90 Å². The number of hydrogen-bond acceptors (Lipinski definition) is 1. The van der Waals surface area contributed by atoms with E-state index in [1.807, 2.05) is 79.4 Å².